The molecule has 7 nitrogen and oxygen atoms in total. The van der Waals surface area contributed by atoms with Gasteiger partial charge in [0.1, 0.15) is 23.6 Å². The predicted octanol–water partition coefficient (Wildman–Crippen LogP) is 4.61. The Balaban J connectivity index is 1.48. The maximum Gasteiger partial charge on any atom is 0.319 e. The number of pyridine rings is 1. The summed E-state index contributed by atoms with van der Waals surface area (Å²) in [5, 5.41) is 5.67. The monoisotopic (exact) mass is 622 g/mol. The van der Waals surface area contributed by atoms with E-state index in [0.29, 0.717) is 35.0 Å². The van der Waals surface area contributed by atoms with E-state index in [2.05, 4.69) is 53.6 Å². The second-order valence-corrected chi connectivity index (χ2v) is 10.3. The lowest BCUT2D eigenvalue weighted by Gasteiger charge is -2.29. The molecule has 2 aromatic heterocycles. The van der Waals surface area contributed by atoms with Crippen LogP contribution in [0.15, 0.2) is 42.6 Å². The number of nitrogens with one attached hydrogen (secondary N) is 1. The van der Waals surface area contributed by atoms with Gasteiger partial charge in [-0.25, -0.2) is 4.39 Å². The summed E-state index contributed by atoms with van der Waals surface area (Å²) in [4.78, 5) is 18.5. The number of alkyl halides is 1. The zero-order chi connectivity index (χ0) is 26.1. The summed E-state index contributed by atoms with van der Waals surface area (Å²) in [6, 6.07) is 12.0. The van der Waals surface area contributed by atoms with E-state index >= 15 is 4.39 Å². The van der Waals surface area contributed by atoms with E-state index in [-0.39, 0.29) is 17.2 Å². The van der Waals surface area contributed by atoms with Crippen molar-refractivity contribution in [1.82, 2.24) is 25.2 Å². The molecule has 6 rings (SSSR count). The Labute approximate surface area is 234 Å². The molecule has 1 atom stereocenters. The van der Waals surface area contributed by atoms with Crippen LogP contribution in [0.25, 0.3) is 32.9 Å². The van der Waals surface area contributed by atoms with E-state index in [4.69, 9.17) is 16.1 Å². The molecule has 1 unspecified atom stereocenters. The molecule has 0 amide bonds. The minimum Gasteiger partial charge on any atom is -0.462 e. The van der Waals surface area contributed by atoms with Gasteiger partial charge in [-0.1, -0.05) is 58.8 Å². The predicted molar refractivity (Wildman–Crippen MR) is 157 cm³/mol. The van der Waals surface area contributed by atoms with Crippen LogP contribution in [-0.4, -0.2) is 69.8 Å². The molecule has 0 saturated carbocycles. The van der Waals surface area contributed by atoms with E-state index in [1.165, 1.54) is 0 Å². The van der Waals surface area contributed by atoms with Gasteiger partial charge >= 0.3 is 6.01 Å². The average molecular weight is 622 g/mol. The van der Waals surface area contributed by atoms with Crippen LogP contribution in [0.3, 0.4) is 0 Å². The van der Waals surface area contributed by atoms with Gasteiger partial charge < -0.3 is 15.0 Å². The molecular formula is C29H28FIN6O. The number of halogens is 2. The van der Waals surface area contributed by atoms with Gasteiger partial charge in [-0.15, -0.1) is 6.42 Å². The molecule has 2 saturated heterocycles. The highest BCUT2D eigenvalue weighted by Gasteiger charge is 2.26. The molecule has 2 aromatic carbocycles. The Hall–Kier alpha value is -3.07. The van der Waals surface area contributed by atoms with Crippen molar-refractivity contribution in [3.63, 3.8) is 0 Å². The van der Waals surface area contributed by atoms with E-state index in [1.54, 1.807) is 6.20 Å². The molecule has 9 heteroatoms. The van der Waals surface area contributed by atoms with Gasteiger partial charge in [-0.3, -0.25) is 9.88 Å². The number of ether oxygens (including phenoxy) is 1. The molecule has 4 heterocycles. The first kappa shape index (κ1) is 25.2. The van der Waals surface area contributed by atoms with Crippen LogP contribution in [0.1, 0.15) is 18.4 Å². The summed E-state index contributed by atoms with van der Waals surface area (Å²) < 4.78 is 23.5. The Morgan fingerprint density at radius 1 is 1.13 bits per heavy atom. The van der Waals surface area contributed by atoms with Gasteiger partial charge in [0.15, 0.2) is 5.82 Å². The smallest absolute Gasteiger partial charge is 0.319 e. The second kappa shape index (κ2) is 11.0. The molecule has 38 heavy (non-hydrogen) atoms. The summed E-state index contributed by atoms with van der Waals surface area (Å²) in [6.45, 7) is 4.71. The van der Waals surface area contributed by atoms with Crippen molar-refractivity contribution in [2.75, 3.05) is 48.8 Å². The lowest BCUT2D eigenvalue weighted by molar-refractivity contribution is 0.186. The van der Waals surface area contributed by atoms with Crippen molar-refractivity contribution in [2.24, 2.45) is 0 Å². The molecule has 2 fully saturated rings. The number of hydrogen-bond donors (Lipinski definition) is 1. The van der Waals surface area contributed by atoms with Crippen molar-refractivity contribution in [3.05, 3.63) is 54.0 Å². The highest BCUT2D eigenvalue weighted by molar-refractivity contribution is 14.1. The van der Waals surface area contributed by atoms with Gasteiger partial charge in [-0.05, 0) is 30.8 Å². The number of aromatic nitrogens is 3. The van der Waals surface area contributed by atoms with Gasteiger partial charge in [0, 0.05) is 54.9 Å². The van der Waals surface area contributed by atoms with E-state index < -0.39 is 5.82 Å². The number of terminal acetylenes is 1. The molecule has 2 aliphatic rings. The van der Waals surface area contributed by atoms with Crippen molar-refractivity contribution in [2.45, 2.75) is 18.9 Å². The Morgan fingerprint density at radius 3 is 2.74 bits per heavy atom. The minimum atomic E-state index is -0.500. The average Bonchev–Trinajstić information content (AvgIpc) is 3.43. The first-order valence-electron chi connectivity index (χ1n) is 12.9. The van der Waals surface area contributed by atoms with Crippen LogP contribution in [0.5, 0.6) is 6.01 Å². The SMILES string of the molecule is C#Cc1cccc2cccc(-c3ncc4c(N5CCNCC5)nc(OCC5CCCN5CI)nc4c3F)c12. The maximum atomic E-state index is 16.4. The fourth-order valence-corrected chi connectivity index (χ4v) is 6.36. The molecule has 0 radical (unpaired) electrons. The van der Waals surface area contributed by atoms with E-state index in [9.17, 15) is 0 Å². The van der Waals surface area contributed by atoms with Crippen LogP contribution in [0.2, 0.25) is 0 Å². The fraction of sp³-hybridized carbons (Fsp3) is 0.345. The molecule has 2 aliphatic heterocycles. The number of fused-ring (bicyclic) bond motifs is 2. The normalized spacial score (nSPS) is 18.2. The van der Waals surface area contributed by atoms with Crippen LogP contribution >= 0.6 is 22.6 Å². The number of rotatable bonds is 6. The summed E-state index contributed by atoms with van der Waals surface area (Å²) in [5.41, 5.74) is 1.77. The van der Waals surface area contributed by atoms with Crippen LogP contribution < -0.4 is 15.0 Å². The topological polar surface area (TPSA) is 66.4 Å². The molecule has 0 spiro atoms. The third-order valence-electron chi connectivity index (χ3n) is 7.43. The Morgan fingerprint density at radius 2 is 1.95 bits per heavy atom. The largest absolute Gasteiger partial charge is 0.462 e. The van der Waals surface area contributed by atoms with Gasteiger partial charge in [0.25, 0.3) is 0 Å². The molecule has 4 aromatic rings. The van der Waals surface area contributed by atoms with Gasteiger partial charge in [0.2, 0.25) is 0 Å². The van der Waals surface area contributed by atoms with Crippen LogP contribution in [0, 0.1) is 18.2 Å². The molecule has 194 valence electrons. The zero-order valence-corrected chi connectivity index (χ0v) is 23.1. The van der Waals surface area contributed by atoms with E-state index in [0.717, 1.165) is 60.9 Å². The first-order valence-corrected chi connectivity index (χ1v) is 14.4. The quantitative estimate of drug-likeness (QED) is 0.146. The molecule has 0 aliphatic carbocycles. The van der Waals surface area contributed by atoms with Crippen molar-refractivity contribution >= 4 is 50.1 Å². The van der Waals surface area contributed by atoms with Crippen molar-refractivity contribution in [1.29, 1.82) is 0 Å². The summed E-state index contributed by atoms with van der Waals surface area (Å²) in [5.74, 6) is 2.89. The Bertz CT molecular complexity index is 1530. The van der Waals surface area contributed by atoms with Crippen LogP contribution in [-0.2, 0) is 0 Å². The van der Waals surface area contributed by atoms with Gasteiger partial charge in [0.05, 0.1) is 9.94 Å². The summed E-state index contributed by atoms with van der Waals surface area (Å²) in [6.07, 6.45) is 9.70. The number of anilines is 1. The number of hydrogen-bond acceptors (Lipinski definition) is 7. The van der Waals surface area contributed by atoms with Gasteiger partial charge in [-0.2, -0.15) is 9.97 Å². The molecule has 1 N–H and O–H groups in total. The third-order valence-corrected chi connectivity index (χ3v) is 8.31. The standard InChI is InChI=1S/C29H28FIN6O/c1-2-19-6-3-7-20-8-4-10-22(24(19)20)26-25(30)27-23(16-33-26)28(36-14-11-32-12-15-36)35-29(34-27)38-17-21-9-5-13-37(21)18-31/h1,3-4,6-8,10,16,21,32H,5,9,11-15,17-18H2. The minimum absolute atomic E-state index is 0.199. The number of benzene rings is 2. The van der Waals surface area contributed by atoms with Crippen molar-refractivity contribution < 1.29 is 9.13 Å². The number of likely N-dealkylation sites (tertiary alicyclic amines) is 1. The number of piperazine rings is 1. The van der Waals surface area contributed by atoms with Crippen LogP contribution in [0.4, 0.5) is 10.2 Å². The Kier molecular flexibility index (Phi) is 7.28. The lowest BCUT2D eigenvalue weighted by atomic mass is 9.97. The second-order valence-electron chi connectivity index (χ2n) is 9.64. The summed E-state index contributed by atoms with van der Waals surface area (Å²) in [7, 11) is 0. The highest BCUT2D eigenvalue weighted by atomic mass is 127. The molecular weight excluding hydrogens is 594 g/mol. The fourth-order valence-electron chi connectivity index (χ4n) is 5.46. The number of nitrogens with zero attached hydrogens (tertiary/aromatic N) is 5. The third kappa shape index (κ3) is 4.65. The summed E-state index contributed by atoms with van der Waals surface area (Å²) >= 11 is 2.39. The highest BCUT2D eigenvalue weighted by Crippen LogP contribution is 2.36. The lowest BCUT2D eigenvalue weighted by Crippen LogP contribution is -2.44. The van der Waals surface area contributed by atoms with Crippen molar-refractivity contribution in [3.8, 4) is 29.6 Å². The first-order chi connectivity index (χ1) is 18.7. The molecule has 0 bridgehead atoms. The zero-order valence-electron chi connectivity index (χ0n) is 21.0. The van der Waals surface area contributed by atoms with E-state index in [1.807, 2.05) is 36.4 Å². The maximum absolute atomic E-state index is 16.4.